The summed E-state index contributed by atoms with van der Waals surface area (Å²) < 4.78 is 18.4. The van der Waals surface area contributed by atoms with Crippen molar-refractivity contribution in [3.8, 4) is 0 Å². The summed E-state index contributed by atoms with van der Waals surface area (Å²) in [6.45, 7) is 4.59. The van der Waals surface area contributed by atoms with Gasteiger partial charge in [0.1, 0.15) is 0 Å². The van der Waals surface area contributed by atoms with Gasteiger partial charge in [-0.2, -0.15) is 0 Å². The largest absolute Gasteiger partial charge is 0.385 e. The molecule has 0 aliphatic heterocycles. The van der Waals surface area contributed by atoms with Crippen molar-refractivity contribution < 1.29 is 18.5 Å². The smallest absolute Gasteiger partial charge is 0.320 e. The molecule has 0 radical (unpaired) electrons. The van der Waals surface area contributed by atoms with Crippen LogP contribution in [0.5, 0.6) is 0 Å². The summed E-state index contributed by atoms with van der Waals surface area (Å²) in [5, 5.41) is 0. The van der Waals surface area contributed by atoms with Crippen LogP contribution in [-0.2, 0) is 9.09 Å². The zero-order valence-corrected chi connectivity index (χ0v) is 23.0. The highest BCUT2D eigenvalue weighted by atomic mass is 31.2. The molecule has 1 N–H and O–H groups in total. The van der Waals surface area contributed by atoms with Crippen LogP contribution < -0.4 is 0 Å². The van der Waals surface area contributed by atoms with Crippen LogP contribution in [0.2, 0.25) is 0 Å². The second-order valence-corrected chi connectivity index (χ2v) is 12.0. The molecule has 0 spiro atoms. The Morgan fingerprint density at radius 2 is 1.12 bits per heavy atom. The molecule has 0 aromatic rings. The third-order valence-corrected chi connectivity index (χ3v) is 8.34. The Labute approximate surface area is 200 Å². The van der Waals surface area contributed by atoms with Crippen molar-refractivity contribution in [1.29, 1.82) is 0 Å². The first-order chi connectivity index (χ1) is 15.3. The summed E-state index contributed by atoms with van der Waals surface area (Å²) in [6, 6.07) is 0. The summed E-state index contributed by atoms with van der Waals surface area (Å²) in [5.41, 5.74) is 0. The van der Waals surface area contributed by atoms with Crippen molar-refractivity contribution >= 4 is 7.60 Å². The van der Waals surface area contributed by atoms with Crippen molar-refractivity contribution in [2.24, 2.45) is 0 Å². The van der Waals surface area contributed by atoms with Crippen LogP contribution in [0.1, 0.15) is 117 Å². The molecule has 2 atom stereocenters. The fraction of sp³-hybridized carbons (Fsp3) is 0.852. The van der Waals surface area contributed by atoms with E-state index in [0.717, 1.165) is 12.8 Å². The van der Waals surface area contributed by atoms with Gasteiger partial charge in [-0.3, -0.25) is 4.57 Å². The Hall–Kier alpha value is -0.410. The van der Waals surface area contributed by atoms with E-state index in [9.17, 15) is 9.46 Å². The molecule has 4 nitrogen and oxygen atoms in total. The van der Waals surface area contributed by atoms with Crippen molar-refractivity contribution in [2.75, 3.05) is 27.7 Å². The maximum Gasteiger partial charge on any atom is 0.385 e. The zero-order valence-electron chi connectivity index (χ0n) is 22.1. The van der Waals surface area contributed by atoms with Crippen LogP contribution in [0.15, 0.2) is 24.3 Å². The van der Waals surface area contributed by atoms with Gasteiger partial charge in [0.05, 0.1) is 27.7 Å². The predicted octanol–water partition coefficient (Wildman–Crippen LogP) is 8.61. The van der Waals surface area contributed by atoms with E-state index in [-0.39, 0.29) is 5.78 Å². The van der Waals surface area contributed by atoms with Crippen LogP contribution >= 0.6 is 7.60 Å². The summed E-state index contributed by atoms with van der Waals surface area (Å²) in [5.74, 6) is -0.353. The van der Waals surface area contributed by atoms with Crippen LogP contribution in [0.25, 0.3) is 0 Å². The van der Waals surface area contributed by atoms with E-state index >= 15 is 0 Å². The molecule has 0 aromatic heterocycles. The molecule has 0 fully saturated rings. The standard InChI is InChI=1S/C27H54NO3P/c1-6-8-9-10-11-12-13-14-15-16-17-18-19-20-21-22-23-24-25-26-31-32(29,30)27(7-2)28(3,4)5/h10-11,16-17,27H,6-9,12-15,18-26H2,1-5H3/p+1/b11-10-,17-16-. The Morgan fingerprint density at radius 1 is 0.719 bits per heavy atom. The quantitative estimate of drug-likeness (QED) is 0.0742. The maximum absolute atomic E-state index is 12.5. The summed E-state index contributed by atoms with van der Waals surface area (Å²) in [6.07, 6.45) is 28.5. The minimum atomic E-state index is -3.56. The van der Waals surface area contributed by atoms with E-state index in [1.807, 2.05) is 28.1 Å². The van der Waals surface area contributed by atoms with E-state index in [1.165, 1.54) is 83.5 Å². The normalized spacial score (nSPS) is 15.6. The number of hydrogen-bond donors (Lipinski definition) is 1. The van der Waals surface area contributed by atoms with E-state index in [1.54, 1.807) is 0 Å². The molecule has 0 aromatic carbocycles. The maximum atomic E-state index is 12.5. The number of unbranched alkanes of at least 4 members (excludes halogenated alkanes) is 12. The molecule has 0 aliphatic carbocycles. The number of hydrogen-bond acceptors (Lipinski definition) is 2. The topological polar surface area (TPSA) is 46.5 Å². The molecule has 190 valence electrons. The Balaban J connectivity index is 3.50. The van der Waals surface area contributed by atoms with Crippen molar-refractivity contribution in [3.05, 3.63) is 24.3 Å². The first kappa shape index (κ1) is 31.6. The van der Waals surface area contributed by atoms with Gasteiger partial charge in [-0.15, -0.1) is 0 Å². The second-order valence-electron chi connectivity index (χ2n) is 10.0. The van der Waals surface area contributed by atoms with Crippen molar-refractivity contribution in [2.45, 2.75) is 122 Å². The Bertz CT molecular complexity index is 525. The summed E-state index contributed by atoms with van der Waals surface area (Å²) in [4.78, 5) is 10.3. The van der Waals surface area contributed by atoms with Crippen LogP contribution in [0, 0.1) is 0 Å². The Morgan fingerprint density at radius 3 is 1.56 bits per heavy atom. The molecule has 0 aliphatic rings. The average molecular weight is 473 g/mol. The molecule has 0 amide bonds. The number of allylic oxidation sites excluding steroid dienone is 4. The molecule has 2 unspecified atom stereocenters. The minimum Gasteiger partial charge on any atom is -0.320 e. The Kier molecular flexibility index (Phi) is 19.7. The predicted molar refractivity (Wildman–Crippen MR) is 141 cm³/mol. The van der Waals surface area contributed by atoms with Crippen LogP contribution in [0.4, 0.5) is 0 Å². The molecule has 0 saturated heterocycles. The summed E-state index contributed by atoms with van der Waals surface area (Å²) in [7, 11) is 2.29. The van der Waals surface area contributed by atoms with Gasteiger partial charge in [0.15, 0.2) is 5.78 Å². The molecule has 5 heteroatoms. The minimum absolute atomic E-state index is 0.353. The van der Waals surface area contributed by atoms with E-state index < -0.39 is 7.60 Å². The molecular formula is C27H55NO3P+. The lowest BCUT2D eigenvalue weighted by molar-refractivity contribution is -0.883. The van der Waals surface area contributed by atoms with Gasteiger partial charge in [-0.05, 0) is 51.4 Å². The number of nitrogens with zero attached hydrogens (tertiary/aromatic N) is 1. The van der Waals surface area contributed by atoms with Gasteiger partial charge < -0.3 is 13.9 Å². The third-order valence-electron chi connectivity index (χ3n) is 5.98. The third kappa shape index (κ3) is 18.1. The van der Waals surface area contributed by atoms with Gasteiger partial charge in [-0.1, -0.05) is 83.1 Å². The highest BCUT2D eigenvalue weighted by Crippen LogP contribution is 2.51. The molecular weight excluding hydrogens is 417 g/mol. The van der Waals surface area contributed by atoms with Gasteiger partial charge in [0, 0.05) is 6.42 Å². The van der Waals surface area contributed by atoms with Crippen LogP contribution in [-0.4, -0.2) is 42.9 Å². The lowest BCUT2D eigenvalue weighted by Gasteiger charge is -2.35. The van der Waals surface area contributed by atoms with E-state index in [0.29, 0.717) is 17.5 Å². The lowest BCUT2D eigenvalue weighted by Crippen LogP contribution is -2.44. The number of quaternary nitrogens is 1. The van der Waals surface area contributed by atoms with E-state index in [2.05, 4.69) is 31.2 Å². The van der Waals surface area contributed by atoms with Gasteiger partial charge in [0.25, 0.3) is 0 Å². The van der Waals surface area contributed by atoms with Gasteiger partial charge in [-0.25, -0.2) is 0 Å². The van der Waals surface area contributed by atoms with E-state index in [4.69, 9.17) is 4.52 Å². The molecule has 0 saturated carbocycles. The lowest BCUT2D eigenvalue weighted by atomic mass is 10.1. The van der Waals surface area contributed by atoms with Gasteiger partial charge >= 0.3 is 7.60 Å². The fourth-order valence-electron chi connectivity index (χ4n) is 4.06. The van der Waals surface area contributed by atoms with Gasteiger partial charge in [0.2, 0.25) is 0 Å². The SMILES string of the molecule is CCCC/C=C\CCCC/C=C\CCCCCCCCCOP(=O)(O)C(CC)[N+](C)(C)C. The fourth-order valence-corrected chi connectivity index (χ4v) is 5.96. The van der Waals surface area contributed by atoms with Crippen LogP contribution in [0.3, 0.4) is 0 Å². The van der Waals surface area contributed by atoms with Crippen molar-refractivity contribution in [1.82, 2.24) is 0 Å². The average Bonchev–Trinajstić information content (AvgIpc) is 2.71. The highest BCUT2D eigenvalue weighted by Gasteiger charge is 2.41. The monoisotopic (exact) mass is 472 g/mol. The number of rotatable bonds is 22. The second kappa shape index (κ2) is 20.0. The molecule has 32 heavy (non-hydrogen) atoms. The highest BCUT2D eigenvalue weighted by molar-refractivity contribution is 7.53. The first-order valence-electron chi connectivity index (χ1n) is 13.3. The van der Waals surface area contributed by atoms with Crippen molar-refractivity contribution in [3.63, 3.8) is 0 Å². The molecule has 0 heterocycles. The molecule has 0 bridgehead atoms. The zero-order chi connectivity index (χ0) is 24.1. The first-order valence-corrected chi connectivity index (χ1v) is 15.0. The molecule has 0 rings (SSSR count). The summed E-state index contributed by atoms with van der Waals surface area (Å²) >= 11 is 0.